The predicted molar refractivity (Wildman–Crippen MR) is 80.3 cm³/mol. The van der Waals surface area contributed by atoms with Crippen molar-refractivity contribution >= 4 is 16.1 Å². The van der Waals surface area contributed by atoms with Crippen molar-refractivity contribution in [2.75, 3.05) is 6.61 Å². The van der Waals surface area contributed by atoms with Crippen LogP contribution in [0.25, 0.3) is 0 Å². The first kappa shape index (κ1) is 19.6. The van der Waals surface area contributed by atoms with Crippen molar-refractivity contribution in [1.29, 1.82) is 0 Å². The molecule has 0 saturated heterocycles. The summed E-state index contributed by atoms with van der Waals surface area (Å²) in [5.41, 5.74) is 1.52. The second-order valence-electron chi connectivity index (χ2n) is 5.63. The fourth-order valence-electron chi connectivity index (χ4n) is 1.97. The molecule has 0 aliphatic rings. The van der Waals surface area contributed by atoms with Crippen LogP contribution in [0.1, 0.15) is 38.8 Å². The number of carbonyl (C=O) groups excluding carboxylic acids is 1. The molecule has 0 atom stereocenters. The SMILES string of the molecule is CC(=O)OCCc1cc(S(=O)(=O)O)ccc1C(C)(C)C.N. The Labute approximate surface area is 125 Å². The Balaban J connectivity index is 0.00000400. The van der Waals surface area contributed by atoms with Crippen molar-refractivity contribution in [2.24, 2.45) is 0 Å². The van der Waals surface area contributed by atoms with Gasteiger partial charge in [-0.25, -0.2) is 0 Å². The van der Waals surface area contributed by atoms with Crippen LogP contribution in [0.5, 0.6) is 0 Å². The van der Waals surface area contributed by atoms with Crippen molar-refractivity contribution in [3.8, 4) is 0 Å². The molecule has 0 heterocycles. The molecule has 0 fully saturated rings. The van der Waals surface area contributed by atoms with E-state index in [1.165, 1.54) is 19.1 Å². The molecule has 1 aromatic rings. The molecule has 6 nitrogen and oxygen atoms in total. The Morgan fingerprint density at radius 2 is 1.86 bits per heavy atom. The summed E-state index contributed by atoms with van der Waals surface area (Å²) in [6.07, 6.45) is 0.398. The number of hydrogen-bond acceptors (Lipinski definition) is 5. The van der Waals surface area contributed by atoms with Gasteiger partial charge >= 0.3 is 5.97 Å². The predicted octanol–water partition coefficient (Wildman–Crippen LogP) is 2.50. The Morgan fingerprint density at radius 1 is 1.29 bits per heavy atom. The highest BCUT2D eigenvalue weighted by Gasteiger charge is 2.20. The van der Waals surface area contributed by atoms with E-state index in [1.54, 1.807) is 6.07 Å². The maximum absolute atomic E-state index is 11.2. The minimum Gasteiger partial charge on any atom is -0.466 e. The van der Waals surface area contributed by atoms with E-state index in [4.69, 9.17) is 9.29 Å². The lowest BCUT2D eigenvalue weighted by molar-refractivity contribution is -0.140. The molecule has 21 heavy (non-hydrogen) atoms. The summed E-state index contributed by atoms with van der Waals surface area (Å²) in [7, 11) is -4.24. The smallest absolute Gasteiger partial charge is 0.302 e. The second kappa shape index (κ2) is 7.02. The number of carbonyl (C=O) groups is 1. The molecule has 0 spiro atoms. The second-order valence-corrected chi connectivity index (χ2v) is 7.06. The Bertz CT molecular complexity index is 602. The number of benzene rings is 1. The van der Waals surface area contributed by atoms with Gasteiger partial charge in [0, 0.05) is 13.3 Å². The average Bonchev–Trinajstić information content (AvgIpc) is 2.25. The third kappa shape index (κ3) is 5.82. The van der Waals surface area contributed by atoms with E-state index in [2.05, 4.69) is 0 Å². The van der Waals surface area contributed by atoms with Gasteiger partial charge < -0.3 is 10.9 Å². The third-order valence-electron chi connectivity index (χ3n) is 2.86. The third-order valence-corrected chi connectivity index (χ3v) is 3.71. The molecule has 1 aromatic carbocycles. The van der Waals surface area contributed by atoms with E-state index in [-0.39, 0.29) is 29.0 Å². The van der Waals surface area contributed by atoms with Crippen LogP contribution < -0.4 is 6.15 Å². The molecule has 1 rings (SSSR count). The minimum absolute atomic E-state index is 0. The lowest BCUT2D eigenvalue weighted by Gasteiger charge is -2.23. The monoisotopic (exact) mass is 317 g/mol. The summed E-state index contributed by atoms with van der Waals surface area (Å²) in [6, 6.07) is 4.50. The number of hydrogen-bond donors (Lipinski definition) is 2. The maximum Gasteiger partial charge on any atom is 0.302 e. The van der Waals surface area contributed by atoms with Crippen LogP contribution >= 0.6 is 0 Å². The van der Waals surface area contributed by atoms with Crippen LogP contribution in [0.2, 0.25) is 0 Å². The van der Waals surface area contributed by atoms with Gasteiger partial charge in [0.15, 0.2) is 0 Å². The van der Waals surface area contributed by atoms with Crippen molar-refractivity contribution < 1.29 is 22.5 Å². The first-order valence-electron chi connectivity index (χ1n) is 6.26. The average molecular weight is 317 g/mol. The van der Waals surface area contributed by atoms with Gasteiger partial charge in [0.25, 0.3) is 10.1 Å². The zero-order chi connectivity index (χ0) is 15.6. The van der Waals surface area contributed by atoms with Gasteiger partial charge in [-0.15, -0.1) is 0 Å². The van der Waals surface area contributed by atoms with Gasteiger partial charge in [-0.1, -0.05) is 26.8 Å². The van der Waals surface area contributed by atoms with Gasteiger partial charge in [-0.2, -0.15) is 8.42 Å². The molecular weight excluding hydrogens is 294 g/mol. The van der Waals surface area contributed by atoms with Crippen LogP contribution in [0.4, 0.5) is 0 Å². The molecule has 0 bridgehead atoms. The summed E-state index contributed by atoms with van der Waals surface area (Å²) in [5.74, 6) is -0.381. The van der Waals surface area contributed by atoms with Gasteiger partial charge in [0.05, 0.1) is 11.5 Å². The summed E-state index contributed by atoms with van der Waals surface area (Å²) in [5, 5.41) is 0. The van der Waals surface area contributed by atoms with Crippen LogP contribution in [0.3, 0.4) is 0 Å². The van der Waals surface area contributed by atoms with Gasteiger partial charge in [-0.05, 0) is 28.7 Å². The lowest BCUT2D eigenvalue weighted by Crippen LogP contribution is -2.16. The highest BCUT2D eigenvalue weighted by molar-refractivity contribution is 7.85. The van der Waals surface area contributed by atoms with E-state index in [9.17, 15) is 13.2 Å². The van der Waals surface area contributed by atoms with Crippen molar-refractivity contribution in [1.82, 2.24) is 6.15 Å². The molecule has 0 aromatic heterocycles. The minimum atomic E-state index is -4.24. The summed E-state index contributed by atoms with van der Waals surface area (Å²) in [6.45, 7) is 7.51. The van der Waals surface area contributed by atoms with Crippen molar-refractivity contribution in [3.63, 3.8) is 0 Å². The van der Waals surface area contributed by atoms with E-state index in [1.807, 2.05) is 20.8 Å². The molecule has 0 radical (unpaired) electrons. The quantitative estimate of drug-likeness (QED) is 0.651. The maximum atomic E-state index is 11.2. The van der Waals surface area contributed by atoms with Gasteiger partial charge in [0.2, 0.25) is 0 Å². The molecule has 0 aliphatic heterocycles. The molecule has 7 heteroatoms. The zero-order valence-corrected chi connectivity index (χ0v) is 13.7. The van der Waals surface area contributed by atoms with Crippen LogP contribution in [-0.2, 0) is 31.5 Å². The van der Waals surface area contributed by atoms with Crippen LogP contribution in [0.15, 0.2) is 23.1 Å². The molecule has 0 amide bonds. The highest BCUT2D eigenvalue weighted by Crippen LogP contribution is 2.28. The van der Waals surface area contributed by atoms with Crippen molar-refractivity contribution in [3.05, 3.63) is 29.3 Å². The molecule has 0 unspecified atom stereocenters. The highest BCUT2D eigenvalue weighted by atomic mass is 32.2. The zero-order valence-electron chi connectivity index (χ0n) is 12.8. The topological polar surface area (TPSA) is 116 Å². The van der Waals surface area contributed by atoms with Crippen LogP contribution in [0, 0.1) is 0 Å². The Hall–Kier alpha value is -1.44. The van der Waals surface area contributed by atoms with E-state index in [0.717, 1.165) is 11.1 Å². The van der Waals surface area contributed by atoms with E-state index in [0.29, 0.717) is 6.42 Å². The Kier molecular flexibility index (Phi) is 6.54. The summed E-state index contributed by atoms with van der Waals surface area (Å²) >= 11 is 0. The number of rotatable bonds is 4. The normalized spacial score (nSPS) is 11.7. The molecule has 0 aliphatic carbocycles. The molecule has 4 N–H and O–H groups in total. The fraction of sp³-hybridized carbons (Fsp3) is 0.500. The fourth-order valence-corrected chi connectivity index (χ4v) is 2.50. The standard InChI is InChI=1S/C14H20O5S.H3N/c1-10(15)19-8-7-11-9-12(20(16,17)18)5-6-13(11)14(2,3)4;/h5-6,9H,7-8H2,1-4H3,(H,16,17,18);1H3. The molecular formula is C14H23NO5S. The van der Waals surface area contributed by atoms with E-state index < -0.39 is 10.1 Å². The molecule has 120 valence electrons. The first-order valence-corrected chi connectivity index (χ1v) is 7.70. The summed E-state index contributed by atoms with van der Waals surface area (Å²) in [4.78, 5) is 10.6. The summed E-state index contributed by atoms with van der Waals surface area (Å²) < 4.78 is 36.4. The lowest BCUT2D eigenvalue weighted by atomic mass is 9.83. The van der Waals surface area contributed by atoms with Gasteiger partial charge in [0.1, 0.15) is 0 Å². The number of esters is 1. The first-order chi connectivity index (χ1) is 9.01. The Morgan fingerprint density at radius 3 is 2.29 bits per heavy atom. The molecule has 0 saturated carbocycles. The van der Waals surface area contributed by atoms with Crippen LogP contribution in [-0.4, -0.2) is 25.5 Å². The van der Waals surface area contributed by atoms with Gasteiger partial charge in [-0.3, -0.25) is 9.35 Å². The number of ether oxygens (including phenoxy) is 1. The largest absolute Gasteiger partial charge is 0.466 e. The van der Waals surface area contributed by atoms with E-state index >= 15 is 0 Å². The van der Waals surface area contributed by atoms with Crippen molar-refractivity contribution in [2.45, 2.75) is 44.4 Å².